The summed E-state index contributed by atoms with van der Waals surface area (Å²) in [7, 11) is 1.92. The summed E-state index contributed by atoms with van der Waals surface area (Å²) < 4.78 is 2.00. The maximum Gasteiger partial charge on any atom is 0.182 e. The van der Waals surface area contributed by atoms with Gasteiger partial charge >= 0.3 is 0 Å². The lowest BCUT2D eigenvalue weighted by Gasteiger charge is -2.18. The first-order valence-electron chi connectivity index (χ1n) is 7.37. The summed E-state index contributed by atoms with van der Waals surface area (Å²) in [5.74, 6) is 1.66. The van der Waals surface area contributed by atoms with Gasteiger partial charge in [0.1, 0.15) is 17.2 Å². The average Bonchev–Trinajstić information content (AvgIpc) is 2.98. The molecule has 0 unspecified atom stereocenters. The number of imidazole rings is 1. The van der Waals surface area contributed by atoms with Crippen LogP contribution in [0.1, 0.15) is 24.1 Å². The molecule has 1 N–H and O–H groups in total. The van der Waals surface area contributed by atoms with E-state index in [1.54, 1.807) is 0 Å². The highest BCUT2D eigenvalue weighted by molar-refractivity contribution is 5.60. The standard InChI is InChI=1S/C16H17N5/c1-17-15-11-6-2-3-7-12(11)19-16(20-15)13-10-21-9-5-4-8-14(21)18-13/h4-5,8-10H,2-3,6-7H2,1H3,(H,17,19,20). The molecule has 3 heterocycles. The van der Waals surface area contributed by atoms with Crippen LogP contribution in [0, 0.1) is 0 Å². The molecule has 0 saturated carbocycles. The molecule has 106 valence electrons. The molecule has 0 spiro atoms. The van der Waals surface area contributed by atoms with Gasteiger partial charge in [-0.05, 0) is 37.8 Å². The minimum Gasteiger partial charge on any atom is -0.373 e. The summed E-state index contributed by atoms with van der Waals surface area (Å²) in [4.78, 5) is 14.0. The van der Waals surface area contributed by atoms with E-state index in [1.165, 1.54) is 24.1 Å². The third-order valence-electron chi connectivity index (χ3n) is 4.01. The topological polar surface area (TPSA) is 55.1 Å². The first-order valence-corrected chi connectivity index (χ1v) is 7.37. The van der Waals surface area contributed by atoms with Crippen molar-refractivity contribution in [2.45, 2.75) is 25.7 Å². The van der Waals surface area contributed by atoms with Crippen molar-refractivity contribution in [3.8, 4) is 11.5 Å². The van der Waals surface area contributed by atoms with Crippen LogP contribution in [0.2, 0.25) is 0 Å². The van der Waals surface area contributed by atoms with Crippen molar-refractivity contribution in [1.29, 1.82) is 0 Å². The lowest BCUT2D eigenvalue weighted by atomic mass is 9.96. The van der Waals surface area contributed by atoms with Gasteiger partial charge in [0.2, 0.25) is 0 Å². The van der Waals surface area contributed by atoms with Gasteiger partial charge in [-0.1, -0.05) is 6.07 Å². The highest BCUT2D eigenvalue weighted by atomic mass is 15.1. The second-order valence-electron chi connectivity index (χ2n) is 5.37. The monoisotopic (exact) mass is 279 g/mol. The maximum atomic E-state index is 4.76. The van der Waals surface area contributed by atoms with Crippen molar-refractivity contribution >= 4 is 11.5 Å². The predicted molar refractivity (Wildman–Crippen MR) is 82.4 cm³/mol. The average molecular weight is 279 g/mol. The number of aromatic nitrogens is 4. The van der Waals surface area contributed by atoms with E-state index < -0.39 is 0 Å². The molecule has 0 radical (unpaired) electrons. The van der Waals surface area contributed by atoms with Gasteiger partial charge in [-0.2, -0.15) is 0 Å². The molecule has 3 aromatic rings. The van der Waals surface area contributed by atoms with Crippen LogP contribution in [-0.4, -0.2) is 26.4 Å². The van der Waals surface area contributed by atoms with Crippen molar-refractivity contribution in [2.75, 3.05) is 12.4 Å². The Bertz CT molecular complexity index is 755. The van der Waals surface area contributed by atoms with Crippen molar-refractivity contribution in [1.82, 2.24) is 19.4 Å². The van der Waals surface area contributed by atoms with Crippen LogP contribution in [0.3, 0.4) is 0 Å². The van der Waals surface area contributed by atoms with E-state index in [0.717, 1.165) is 30.0 Å². The van der Waals surface area contributed by atoms with Crippen LogP contribution in [0.4, 0.5) is 5.82 Å². The summed E-state index contributed by atoms with van der Waals surface area (Å²) in [6, 6.07) is 5.96. The van der Waals surface area contributed by atoms with Crippen LogP contribution >= 0.6 is 0 Å². The molecule has 0 fully saturated rings. The zero-order chi connectivity index (χ0) is 14.2. The summed E-state index contributed by atoms with van der Waals surface area (Å²) in [6.45, 7) is 0. The molecule has 4 rings (SSSR count). The maximum absolute atomic E-state index is 4.76. The zero-order valence-electron chi connectivity index (χ0n) is 12.0. The van der Waals surface area contributed by atoms with Crippen molar-refractivity contribution < 1.29 is 0 Å². The molecule has 5 nitrogen and oxygen atoms in total. The molecular weight excluding hydrogens is 262 g/mol. The number of aryl methyl sites for hydroxylation is 1. The normalized spacial score (nSPS) is 14.1. The Morgan fingerprint density at radius 2 is 2.00 bits per heavy atom. The number of rotatable bonds is 2. The minimum atomic E-state index is 0.712. The van der Waals surface area contributed by atoms with E-state index >= 15 is 0 Å². The van der Waals surface area contributed by atoms with Crippen LogP contribution < -0.4 is 5.32 Å². The van der Waals surface area contributed by atoms with Gasteiger partial charge in [0.05, 0.1) is 0 Å². The molecule has 21 heavy (non-hydrogen) atoms. The fraction of sp³-hybridized carbons (Fsp3) is 0.312. The van der Waals surface area contributed by atoms with Crippen molar-refractivity contribution in [3.63, 3.8) is 0 Å². The molecule has 1 aliphatic carbocycles. The van der Waals surface area contributed by atoms with E-state index in [0.29, 0.717) is 5.82 Å². The number of nitrogens with one attached hydrogen (secondary N) is 1. The molecular formula is C16H17N5. The van der Waals surface area contributed by atoms with Crippen LogP contribution in [0.25, 0.3) is 17.2 Å². The Hall–Kier alpha value is -2.43. The minimum absolute atomic E-state index is 0.712. The van der Waals surface area contributed by atoms with E-state index in [-0.39, 0.29) is 0 Å². The summed E-state index contributed by atoms with van der Waals surface area (Å²) in [5, 5.41) is 3.21. The summed E-state index contributed by atoms with van der Waals surface area (Å²) >= 11 is 0. The Kier molecular flexibility index (Phi) is 2.84. The van der Waals surface area contributed by atoms with E-state index in [4.69, 9.17) is 4.98 Å². The Labute approximate surface area is 123 Å². The fourth-order valence-corrected chi connectivity index (χ4v) is 2.96. The smallest absolute Gasteiger partial charge is 0.182 e. The van der Waals surface area contributed by atoms with Crippen LogP contribution in [0.15, 0.2) is 30.6 Å². The number of anilines is 1. The van der Waals surface area contributed by atoms with Crippen molar-refractivity contribution in [3.05, 3.63) is 41.9 Å². The summed E-state index contributed by atoms with van der Waals surface area (Å²) in [6.07, 6.45) is 8.50. The molecule has 0 atom stereocenters. The molecule has 1 aliphatic rings. The molecule has 0 saturated heterocycles. The molecule has 0 aliphatic heterocycles. The fourth-order valence-electron chi connectivity index (χ4n) is 2.96. The number of pyridine rings is 1. The SMILES string of the molecule is CNc1nc(-c2cn3ccccc3n2)nc2c1CCCC2. The molecule has 5 heteroatoms. The van der Waals surface area contributed by atoms with Gasteiger partial charge in [0.25, 0.3) is 0 Å². The third kappa shape index (κ3) is 2.05. The second kappa shape index (κ2) is 4.84. The largest absolute Gasteiger partial charge is 0.373 e. The first kappa shape index (κ1) is 12.3. The molecule has 0 aromatic carbocycles. The highest BCUT2D eigenvalue weighted by Crippen LogP contribution is 2.28. The quantitative estimate of drug-likeness (QED) is 0.783. The second-order valence-corrected chi connectivity index (χ2v) is 5.37. The van der Waals surface area contributed by atoms with Gasteiger partial charge in [-0.3, -0.25) is 0 Å². The Morgan fingerprint density at radius 1 is 1.10 bits per heavy atom. The lowest BCUT2D eigenvalue weighted by molar-refractivity contribution is 0.665. The van der Waals surface area contributed by atoms with Crippen LogP contribution in [0.5, 0.6) is 0 Å². The lowest BCUT2D eigenvalue weighted by Crippen LogP contribution is -2.12. The zero-order valence-corrected chi connectivity index (χ0v) is 12.0. The highest BCUT2D eigenvalue weighted by Gasteiger charge is 2.18. The van der Waals surface area contributed by atoms with E-state index in [2.05, 4.69) is 15.3 Å². The third-order valence-corrected chi connectivity index (χ3v) is 4.01. The summed E-state index contributed by atoms with van der Waals surface area (Å²) in [5.41, 5.74) is 4.19. The number of hydrogen-bond acceptors (Lipinski definition) is 4. The number of hydrogen-bond donors (Lipinski definition) is 1. The first-order chi connectivity index (χ1) is 10.3. The van der Waals surface area contributed by atoms with Gasteiger partial charge < -0.3 is 9.72 Å². The molecule has 0 amide bonds. The van der Waals surface area contributed by atoms with E-state index in [1.807, 2.05) is 42.0 Å². The van der Waals surface area contributed by atoms with Gasteiger partial charge in [-0.15, -0.1) is 0 Å². The number of nitrogens with zero attached hydrogens (tertiary/aromatic N) is 4. The molecule has 0 bridgehead atoms. The number of fused-ring (bicyclic) bond motifs is 2. The predicted octanol–water partition coefficient (Wildman–Crippen LogP) is 2.71. The Balaban J connectivity index is 1.87. The van der Waals surface area contributed by atoms with Crippen LogP contribution in [-0.2, 0) is 12.8 Å². The molecule has 3 aromatic heterocycles. The van der Waals surface area contributed by atoms with E-state index in [9.17, 15) is 0 Å². The Morgan fingerprint density at radius 3 is 2.86 bits per heavy atom. The van der Waals surface area contributed by atoms with Gasteiger partial charge in [0.15, 0.2) is 5.82 Å². The van der Waals surface area contributed by atoms with Gasteiger partial charge in [-0.25, -0.2) is 15.0 Å². The van der Waals surface area contributed by atoms with Gasteiger partial charge in [0, 0.05) is 30.7 Å². The van der Waals surface area contributed by atoms with Crippen molar-refractivity contribution in [2.24, 2.45) is 0 Å².